The van der Waals surface area contributed by atoms with Gasteiger partial charge in [0.2, 0.25) is 0 Å². The van der Waals surface area contributed by atoms with Gasteiger partial charge >= 0.3 is 12.1 Å². The summed E-state index contributed by atoms with van der Waals surface area (Å²) in [5.41, 5.74) is -0.857. The summed E-state index contributed by atoms with van der Waals surface area (Å²) in [6.07, 6.45) is -3.97. The molecule has 2 rings (SSSR count). The van der Waals surface area contributed by atoms with Crippen LogP contribution in [0.2, 0.25) is 0 Å². The first-order valence-electron chi connectivity index (χ1n) is 6.31. The molecule has 0 aromatic heterocycles. The summed E-state index contributed by atoms with van der Waals surface area (Å²) in [5.74, 6) is -0.618. The molecule has 1 aliphatic rings. The average molecular weight is 298 g/mol. The van der Waals surface area contributed by atoms with Crippen molar-refractivity contribution in [3.8, 4) is 6.07 Å². The Hall–Kier alpha value is -2.23. The van der Waals surface area contributed by atoms with Crippen LogP contribution in [0.4, 0.5) is 18.9 Å². The summed E-state index contributed by atoms with van der Waals surface area (Å²) in [4.78, 5) is 13.2. The van der Waals surface area contributed by atoms with Gasteiger partial charge in [-0.05, 0) is 24.6 Å². The van der Waals surface area contributed by atoms with Gasteiger partial charge in [0.15, 0.2) is 0 Å². The van der Waals surface area contributed by atoms with Gasteiger partial charge in [-0.1, -0.05) is 0 Å². The Morgan fingerprint density at radius 1 is 1.48 bits per heavy atom. The van der Waals surface area contributed by atoms with E-state index in [2.05, 4.69) is 4.74 Å². The number of nitriles is 1. The highest BCUT2D eigenvalue weighted by Crippen LogP contribution is 2.34. The molecule has 0 saturated carbocycles. The summed E-state index contributed by atoms with van der Waals surface area (Å²) < 4.78 is 42.9. The third-order valence-electron chi connectivity index (χ3n) is 3.52. The molecule has 1 unspecified atom stereocenters. The Morgan fingerprint density at radius 3 is 2.76 bits per heavy atom. The van der Waals surface area contributed by atoms with Crippen molar-refractivity contribution >= 4 is 11.7 Å². The number of nitrogens with zero attached hydrogens (tertiary/aromatic N) is 2. The smallest absolute Gasteiger partial charge is 0.417 e. The van der Waals surface area contributed by atoms with Gasteiger partial charge in [0.05, 0.1) is 30.2 Å². The lowest BCUT2D eigenvalue weighted by atomic mass is 10.1. The molecular weight excluding hydrogens is 285 g/mol. The SMILES string of the molecule is COC(=O)C1CCN(c2ccc(C(F)(F)F)c(C#N)c2)C1. The van der Waals surface area contributed by atoms with E-state index in [1.54, 1.807) is 11.0 Å². The number of methoxy groups -OCH3 is 1. The molecule has 1 atom stereocenters. The Morgan fingerprint density at radius 2 is 2.19 bits per heavy atom. The van der Waals surface area contributed by atoms with Crippen LogP contribution in [0.5, 0.6) is 0 Å². The average Bonchev–Trinajstić information content (AvgIpc) is 2.94. The lowest BCUT2D eigenvalue weighted by Crippen LogP contribution is -2.23. The van der Waals surface area contributed by atoms with E-state index in [0.717, 1.165) is 6.07 Å². The molecular formula is C14H13F3N2O2. The molecule has 1 aromatic rings. The Labute approximate surface area is 119 Å². The van der Waals surface area contributed by atoms with E-state index in [1.165, 1.54) is 19.2 Å². The van der Waals surface area contributed by atoms with Gasteiger partial charge in [0.25, 0.3) is 0 Å². The van der Waals surface area contributed by atoms with Crippen molar-refractivity contribution in [3.63, 3.8) is 0 Å². The van der Waals surface area contributed by atoms with Crippen molar-refractivity contribution in [1.82, 2.24) is 0 Å². The Bertz CT molecular complexity index is 593. The van der Waals surface area contributed by atoms with E-state index in [-0.39, 0.29) is 11.9 Å². The molecule has 0 aliphatic carbocycles. The van der Waals surface area contributed by atoms with E-state index in [1.807, 2.05) is 0 Å². The summed E-state index contributed by atoms with van der Waals surface area (Å²) in [6, 6.07) is 5.01. The van der Waals surface area contributed by atoms with Crippen LogP contribution in [0.25, 0.3) is 0 Å². The minimum Gasteiger partial charge on any atom is -0.469 e. The molecule has 0 amide bonds. The second-order valence-corrected chi connectivity index (χ2v) is 4.79. The summed E-state index contributed by atoms with van der Waals surface area (Å²) in [5, 5.41) is 8.88. The molecule has 1 aliphatic heterocycles. The largest absolute Gasteiger partial charge is 0.469 e. The van der Waals surface area contributed by atoms with Gasteiger partial charge in [0.1, 0.15) is 0 Å². The van der Waals surface area contributed by atoms with Gasteiger partial charge in [-0.25, -0.2) is 0 Å². The lowest BCUT2D eigenvalue weighted by molar-refractivity contribution is -0.144. The molecule has 0 spiro atoms. The summed E-state index contributed by atoms with van der Waals surface area (Å²) in [6.45, 7) is 0.916. The van der Waals surface area contributed by atoms with Crippen LogP contribution in [0.3, 0.4) is 0 Å². The number of hydrogen-bond donors (Lipinski definition) is 0. The second kappa shape index (κ2) is 5.64. The van der Waals surface area contributed by atoms with Gasteiger partial charge in [-0.2, -0.15) is 18.4 Å². The van der Waals surface area contributed by atoms with Crippen molar-refractivity contribution in [1.29, 1.82) is 5.26 Å². The molecule has 112 valence electrons. The fourth-order valence-electron chi connectivity index (χ4n) is 2.42. The number of carbonyl (C=O) groups is 1. The number of alkyl halides is 3. The van der Waals surface area contributed by atoms with Gasteiger partial charge in [0, 0.05) is 18.8 Å². The zero-order valence-electron chi connectivity index (χ0n) is 11.3. The molecule has 1 heterocycles. The van der Waals surface area contributed by atoms with Crippen LogP contribution in [-0.4, -0.2) is 26.2 Å². The van der Waals surface area contributed by atoms with Crippen molar-refractivity contribution in [2.45, 2.75) is 12.6 Å². The number of esters is 1. The molecule has 1 aromatic carbocycles. The van der Waals surface area contributed by atoms with Crippen LogP contribution in [0.1, 0.15) is 17.5 Å². The maximum Gasteiger partial charge on any atom is 0.417 e. The molecule has 4 nitrogen and oxygen atoms in total. The summed E-state index contributed by atoms with van der Waals surface area (Å²) in [7, 11) is 1.30. The van der Waals surface area contributed by atoms with Crippen LogP contribution >= 0.6 is 0 Å². The van der Waals surface area contributed by atoms with E-state index < -0.39 is 17.3 Å². The first kappa shape index (κ1) is 15.2. The number of hydrogen-bond acceptors (Lipinski definition) is 4. The van der Waals surface area contributed by atoms with Crippen LogP contribution < -0.4 is 4.90 Å². The number of carbonyl (C=O) groups excluding carboxylic acids is 1. The number of ether oxygens (including phenoxy) is 1. The first-order valence-corrected chi connectivity index (χ1v) is 6.31. The predicted molar refractivity (Wildman–Crippen MR) is 68.5 cm³/mol. The second-order valence-electron chi connectivity index (χ2n) is 4.79. The third-order valence-corrected chi connectivity index (χ3v) is 3.52. The Kier molecular flexibility index (Phi) is 4.07. The zero-order chi connectivity index (χ0) is 15.6. The zero-order valence-corrected chi connectivity index (χ0v) is 11.3. The fourth-order valence-corrected chi connectivity index (χ4v) is 2.42. The van der Waals surface area contributed by atoms with Gasteiger partial charge in [-0.3, -0.25) is 4.79 Å². The van der Waals surface area contributed by atoms with E-state index in [0.29, 0.717) is 25.2 Å². The maximum absolute atomic E-state index is 12.7. The minimum absolute atomic E-state index is 0.289. The molecule has 1 saturated heterocycles. The Balaban J connectivity index is 2.24. The topological polar surface area (TPSA) is 53.3 Å². The number of rotatable bonds is 2. The quantitative estimate of drug-likeness (QED) is 0.787. The highest BCUT2D eigenvalue weighted by molar-refractivity contribution is 5.74. The van der Waals surface area contributed by atoms with Crippen LogP contribution in [0, 0.1) is 17.2 Å². The van der Waals surface area contributed by atoms with Crippen molar-refractivity contribution < 1.29 is 22.7 Å². The molecule has 1 fully saturated rings. The highest BCUT2D eigenvalue weighted by atomic mass is 19.4. The molecule has 0 N–H and O–H groups in total. The number of benzene rings is 1. The van der Waals surface area contributed by atoms with Gasteiger partial charge < -0.3 is 9.64 Å². The lowest BCUT2D eigenvalue weighted by Gasteiger charge is -2.19. The fraction of sp³-hybridized carbons (Fsp3) is 0.429. The minimum atomic E-state index is -4.55. The monoisotopic (exact) mass is 298 g/mol. The molecule has 21 heavy (non-hydrogen) atoms. The van der Waals surface area contributed by atoms with Crippen LogP contribution in [-0.2, 0) is 15.7 Å². The maximum atomic E-state index is 12.7. The molecule has 0 radical (unpaired) electrons. The highest BCUT2D eigenvalue weighted by Gasteiger charge is 2.35. The van der Waals surface area contributed by atoms with Crippen molar-refractivity contribution in [3.05, 3.63) is 29.3 Å². The van der Waals surface area contributed by atoms with Crippen molar-refractivity contribution in [2.75, 3.05) is 25.1 Å². The first-order chi connectivity index (χ1) is 9.86. The molecule has 0 bridgehead atoms. The summed E-state index contributed by atoms with van der Waals surface area (Å²) >= 11 is 0. The number of anilines is 1. The predicted octanol–water partition coefficient (Wildman–Crippen LogP) is 2.58. The van der Waals surface area contributed by atoms with Crippen LogP contribution in [0.15, 0.2) is 18.2 Å². The van der Waals surface area contributed by atoms with E-state index in [4.69, 9.17) is 5.26 Å². The van der Waals surface area contributed by atoms with Crippen molar-refractivity contribution in [2.24, 2.45) is 5.92 Å². The third kappa shape index (κ3) is 3.10. The number of halogens is 3. The van der Waals surface area contributed by atoms with Gasteiger partial charge in [-0.15, -0.1) is 0 Å². The van der Waals surface area contributed by atoms with E-state index >= 15 is 0 Å². The molecule has 7 heteroatoms. The standard InChI is InChI=1S/C14H13F3N2O2/c1-21-13(20)9-4-5-19(8-9)11-2-3-12(14(15,16)17)10(6-11)7-18/h2-3,6,9H,4-5,8H2,1H3. The van der Waals surface area contributed by atoms with E-state index in [9.17, 15) is 18.0 Å². The normalized spacial score (nSPS) is 18.4.